The van der Waals surface area contributed by atoms with Crippen molar-refractivity contribution in [1.82, 2.24) is 9.97 Å². The van der Waals surface area contributed by atoms with Gasteiger partial charge < -0.3 is 4.98 Å². The Morgan fingerprint density at radius 2 is 1.96 bits per heavy atom. The van der Waals surface area contributed by atoms with Crippen molar-refractivity contribution < 1.29 is 4.79 Å². The first kappa shape index (κ1) is 16.0. The van der Waals surface area contributed by atoms with Crippen molar-refractivity contribution in [1.29, 1.82) is 5.26 Å². The number of fused-ring (bicyclic) bond motifs is 1. The number of nitrogens with zero attached hydrogens (tertiary/aromatic N) is 3. The number of hydrazine groups is 1. The molecule has 2 aromatic heterocycles. The van der Waals surface area contributed by atoms with Crippen LogP contribution in [0.4, 0.5) is 5.13 Å². The second-order valence-corrected chi connectivity index (χ2v) is 6.49. The third kappa shape index (κ3) is 2.84. The summed E-state index contributed by atoms with van der Waals surface area (Å²) in [5.41, 5.74) is 3.43. The summed E-state index contributed by atoms with van der Waals surface area (Å²) in [6, 6.07) is 18.6. The molecule has 0 fully saturated rings. The van der Waals surface area contributed by atoms with E-state index in [1.165, 1.54) is 11.3 Å². The van der Waals surface area contributed by atoms with Gasteiger partial charge in [-0.3, -0.25) is 4.79 Å². The SMILES string of the molecule is N#Cc1ccc(-c2csc(N(N)C(=O)c3cc4ccccc4[nH]3)n2)cc1. The molecule has 0 aliphatic rings. The number of benzene rings is 2. The average molecular weight is 359 g/mol. The third-order valence-electron chi connectivity index (χ3n) is 3.99. The molecule has 0 unspecified atom stereocenters. The molecule has 0 radical (unpaired) electrons. The third-order valence-corrected chi connectivity index (χ3v) is 4.83. The van der Waals surface area contributed by atoms with Crippen LogP contribution < -0.4 is 10.9 Å². The number of H-pyrrole nitrogens is 1. The molecule has 4 aromatic rings. The molecule has 7 heteroatoms. The van der Waals surface area contributed by atoms with Crippen LogP contribution in [0.25, 0.3) is 22.2 Å². The van der Waals surface area contributed by atoms with Crippen molar-refractivity contribution in [2.24, 2.45) is 5.84 Å². The number of nitrogens with two attached hydrogens (primary N) is 1. The topological polar surface area (TPSA) is 98.8 Å². The molecule has 0 saturated heterocycles. The lowest BCUT2D eigenvalue weighted by atomic mass is 10.1. The highest BCUT2D eigenvalue weighted by Gasteiger charge is 2.19. The number of nitriles is 1. The van der Waals surface area contributed by atoms with Crippen LogP contribution in [-0.4, -0.2) is 15.9 Å². The van der Waals surface area contributed by atoms with E-state index in [0.29, 0.717) is 22.1 Å². The van der Waals surface area contributed by atoms with Crippen LogP contribution in [0.3, 0.4) is 0 Å². The molecule has 0 aliphatic heterocycles. The summed E-state index contributed by atoms with van der Waals surface area (Å²) >= 11 is 1.28. The normalized spacial score (nSPS) is 10.6. The van der Waals surface area contributed by atoms with Gasteiger partial charge in [-0.1, -0.05) is 30.3 Å². The van der Waals surface area contributed by atoms with Gasteiger partial charge in [0, 0.05) is 21.8 Å². The number of amides is 1. The van der Waals surface area contributed by atoms with Crippen molar-refractivity contribution >= 4 is 33.3 Å². The number of nitrogens with one attached hydrogen (secondary N) is 1. The van der Waals surface area contributed by atoms with E-state index in [1.54, 1.807) is 18.2 Å². The Labute approximate surface area is 153 Å². The van der Waals surface area contributed by atoms with Crippen molar-refractivity contribution in [2.75, 3.05) is 5.01 Å². The number of carbonyl (C=O) groups is 1. The standard InChI is InChI=1S/C19H13N5OS/c20-10-12-5-7-13(8-6-12)17-11-26-19(23-17)24(21)18(25)16-9-14-3-1-2-4-15(14)22-16/h1-9,11,22H,21H2. The number of aromatic amines is 1. The van der Waals surface area contributed by atoms with E-state index >= 15 is 0 Å². The minimum atomic E-state index is -0.359. The monoisotopic (exact) mass is 359 g/mol. The molecule has 1 amide bonds. The van der Waals surface area contributed by atoms with Crippen LogP contribution in [0.1, 0.15) is 16.1 Å². The lowest BCUT2D eigenvalue weighted by Gasteiger charge is -2.11. The molecule has 0 bridgehead atoms. The molecule has 26 heavy (non-hydrogen) atoms. The number of aromatic nitrogens is 2. The first-order valence-electron chi connectivity index (χ1n) is 7.78. The highest BCUT2D eigenvalue weighted by atomic mass is 32.1. The van der Waals surface area contributed by atoms with Crippen LogP contribution in [0, 0.1) is 11.3 Å². The van der Waals surface area contributed by atoms with Gasteiger partial charge in [-0.15, -0.1) is 11.3 Å². The number of carbonyl (C=O) groups excluding carboxylic acids is 1. The molecular weight excluding hydrogens is 346 g/mol. The van der Waals surface area contributed by atoms with Gasteiger partial charge in [0.1, 0.15) is 5.69 Å². The van der Waals surface area contributed by atoms with Gasteiger partial charge in [-0.2, -0.15) is 5.26 Å². The first-order chi connectivity index (χ1) is 12.7. The summed E-state index contributed by atoms with van der Waals surface area (Å²) < 4.78 is 0. The number of hydrogen-bond acceptors (Lipinski definition) is 5. The molecule has 2 aromatic carbocycles. The van der Waals surface area contributed by atoms with E-state index in [-0.39, 0.29) is 5.91 Å². The first-order valence-corrected chi connectivity index (χ1v) is 8.66. The predicted octanol–water partition coefficient (Wildman–Crippen LogP) is 3.68. The highest BCUT2D eigenvalue weighted by molar-refractivity contribution is 7.14. The quantitative estimate of drug-likeness (QED) is 0.331. The van der Waals surface area contributed by atoms with Gasteiger partial charge in [0.15, 0.2) is 0 Å². The van der Waals surface area contributed by atoms with E-state index in [1.807, 2.05) is 41.8 Å². The lowest BCUT2D eigenvalue weighted by molar-refractivity contribution is 0.0983. The van der Waals surface area contributed by atoms with Gasteiger partial charge in [0.05, 0.1) is 17.3 Å². The second-order valence-electron chi connectivity index (χ2n) is 5.65. The van der Waals surface area contributed by atoms with Crippen LogP contribution in [0.5, 0.6) is 0 Å². The molecule has 0 aliphatic carbocycles. The van der Waals surface area contributed by atoms with E-state index < -0.39 is 0 Å². The summed E-state index contributed by atoms with van der Waals surface area (Å²) in [4.78, 5) is 20.2. The molecule has 6 nitrogen and oxygen atoms in total. The Bertz CT molecular complexity index is 1100. The summed E-state index contributed by atoms with van der Waals surface area (Å²) in [5, 5.41) is 13.1. The minimum absolute atomic E-state index is 0.359. The Balaban J connectivity index is 1.59. The summed E-state index contributed by atoms with van der Waals surface area (Å²) in [6.07, 6.45) is 0. The Kier molecular flexibility index (Phi) is 3.97. The van der Waals surface area contributed by atoms with E-state index in [0.717, 1.165) is 21.5 Å². The van der Waals surface area contributed by atoms with E-state index in [4.69, 9.17) is 11.1 Å². The molecular formula is C19H13N5OS. The van der Waals surface area contributed by atoms with Crippen LogP contribution in [0.2, 0.25) is 0 Å². The fourth-order valence-corrected chi connectivity index (χ4v) is 3.38. The van der Waals surface area contributed by atoms with Crippen molar-refractivity contribution in [3.63, 3.8) is 0 Å². The molecule has 4 rings (SSSR count). The average Bonchev–Trinajstić information content (AvgIpc) is 3.34. The van der Waals surface area contributed by atoms with Gasteiger partial charge in [0.2, 0.25) is 5.13 Å². The number of rotatable bonds is 3. The Morgan fingerprint density at radius 3 is 2.69 bits per heavy atom. The van der Waals surface area contributed by atoms with Gasteiger partial charge in [-0.05, 0) is 24.3 Å². The van der Waals surface area contributed by atoms with E-state index in [2.05, 4.69) is 16.0 Å². The number of para-hydroxylation sites is 1. The number of hydrogen-bond donors (Lipinski definition) is 2. The largest absolute Gasteiger partial charge is 0.350 e. The number of anilines is 1. The maximum atomic E-state index is 12.6. The molecule has 0 spiro atoms. The predicted molar refractivity (Wildman–Crippen MR) is 102 cm³/mol. The van der Waals surface area contributed by atoms with Crippen molar-refractivity contribution in [2.45, 2.75) is 0 Å². The maximum absolute atomic E-state index is 12.6. The molecule has 3 N–H and O–H groups in total. The summed E-state index contributed by atoms with van der Waals surface area (Å²) in [5.74, 6) is 5.64. The van der Waals surface area contributed by atoms with Crippen LogP contribution >= 0.6 is 11.3 Å². The van der Waals surface area contributed by atoms with Gasteiger partial charge in [-0.25, -0.2) is 15.8 Å². The zero-order valence-electron chi connectivity index (χ0n) is 13.5. The van der Waals surface area contributed by atoms with Crippen molar-refractivity contribution in [3.05, 3.63) is 71.2 Å². The second kappa shape index (κ2) is 6.44. The van der Waals surface area contributed by atoms with Crippen LogP contribution in [-0.2, 0) is 0 Å². The number of thiazole rings is 1. The molecule has 2 heterocycles. The Morgan fingerprint density at radius 1 is 1.19 bits per heavy atom. The highest BCUT2D eigenvalue weighted by Crippen LogP contribution is 2.27. The summed E-state index contributed by atoms with van der Waals surface area (Å²) in [7, 11) is 0. The molecule has 0 atom stereocenters. The van der Waals surface area contributed by atoms with E-state index in [9.17, 15) is 4.79 Å². The van der Waals surface area contributed by atoms with Gasteiger partial charge >= 0.3 is 0 Å². The van der Waals surface area contributed by atoms with Crippen LogP contribution in [0.15, 0.2) is 60.0 Å². The fraction of sp³-hybridized carbons (Fsp3) is 0. The van der Waals surface area contributed by atoms with Gasteiger partial charge in [0.25, 0.3) is 5.91 Å². The Hall–Kier alpha value is -3.47. The maximum Gasteiger partial charge on any atom is 0.290 e. The zero-order chi connectivity index (χ0) is 18.1. The fourth-order valence-electron chi connectivity index (χ4n) is 2.63. The molecule has 0 saturated carbocycles. The zero-order valence-corrected chi connectivity index (χ0v) is 14.3. The summed E-state index contributed by atoms with van der Waals surface area (Å²) in [6.45, 7) is 0. The molecule has 126 valence electrons. The smallest absolute Gasteiger partial charge is 0.290 e. The lowest BCUT2D eigenvalue weighted by Crippen LogP contribution is -2.37. The van der Waals surface area contributed by atoms with Crippen molar-refractivity contribution in [3.8, 4) is 17.3 Å². The minimum Gasteiger partial charge on any atom is -0.350 e.